The van der Waals surface area contributed by atoms with E-state index in [0.717, 1.165) is 6.54 Å². The molecule has 0 aromatic heterocycles. The van der Waals surface area contributed by atoms with Crippen LogP contribution in [0.2, 0.25) is 0 Å². The number of nitrogens with one attached hydrogen (secondary N) is 1. The number of hydrogen-bond acceptors (Lipinski definition) is 4. The molecule has 5 heteroatoms. The van der Waals surface area contributed by atoms with Crippen LogP contribution in [0.3, 0.4) is 0 Å². The second kappa shape index (κ2) is 8.12. The fraction of sp³-hybridized carbons (Fsp3) is 0.562. The molecule has 1 amide bonds. The van der Waals surface area contributed by atoms with Crippen LogP contribution in [-0.2, 0) is 16.1 Å². The normalized spacial score (nSPS) is 22.4. The van der Waals surface area contributed by atoms with Crippen LogP contribution in [0.5, 0.6) is 0 Å². The summed E-state index contributed by atoms with van der Waals surface area (Å²) in [5.74, 6) is -0.00194. The molecule has 2 unspecified atom stereocenters. The molecule has 2 atom stereocenters. The van der Waals surface area contributed by atoms with Gasteiger partial charge in [0.05, 0.1) is 12.7 Å². The summed E-state index contributed by atoms with van der Waals surface area (Å²) < 4.78 is 4.89. The zero-order chi connectivity index (χ0) is 15.1. The van der Waals surface area contributed by atoms with Crippen molar-refractivity contribution in [2.45, 2.75) is 31.5 Å². The first-order chi connectivity index (χ1) is 10.2. The molecular weight excluding hydrogens is 268 g/mol. The van der Waals surface area contributed by atoms with E-state index < -0.39 is 0 Å². The van der Waals surface area contributed by atoms with E-state index in [9.17, 15) is 9.90 Å². The monoisotopic (exact) mass is 292 g/mol. The number of hydrogen-bond donors (Lipinski definition) is 2. The molecule has 0 radical (unpaired) electrons. The van der Waals surface area contributed by atoms with Gasteiger partial charge in [-0.2, -0.15) is 0 Å². The van der Waals surface area contributed by atoms with Crippen molar-refractivity contribution < 1.29 is 14.6 Å². The molecule has 2 N–H and O–H groups in total. The number of ether oxygens (including phenoxy) is 1. The van der Waals surface area contributed by atoms with E-state index in [1.165, 1.54) is 5.56 Å². The highest BCUT2D eigenvalue weighted by atomic mass is 16.5. The quantitative estimate of drug-likeness (QED) is 0.779. The zero-order valence-electron chi connectivity index (χ0n) is 12.5. The van der Waals surface area contributed by atoms with Crippen molar-refractivity contribution in [3.05, 3.63) is 35.9 Å². The zero-order valence-corrected chi connectivity index (χ0v) is 12.5. The number of carbonyl (C=O) groups excluding carboxylic acids is 1. The minimum atomic E-state index is -0.311. The van der Waals surface area contributed by atoms with Gasteiger partial charge in [0.25, 0.3) is 0 Å². The summed E-state index contributed by atoms with van der Waals surface area (Å²) in [5.41, 5.74) is 1.22. The topological polar surface area (TPSA) is 61.8 Å². The Hall–Kier alpha value is -1.43. The lowest BCUT2D eigenvalue weighted by molar-refractivity contribution is -0.122. The fourth-order valence-electron chi connectivity index (χ4n) is 2.70. The third-order valence-corrected chi connectivity index (χ3v) is 3.80. The van der Waals surface area contributed by atoms with Gasteiger partial charge in [0.1, 0.15) is 0 Å². The molecule has 1 saturated heterocycles. The van der Waals surface area contributed by atoms with Gasteiger partial charge >= 0.3 is 0 Å². The molecule has 2 rings (SSSR count). The molecule has 1 heterocycles. The van der Waals surface area contributed by atoms with E-state index in [4.69, 9.17) is 4.74 Å². The van der Waals surface area contributed by atoms with E-state index in [0.29, 0.717) is 32.5 Å². The highest BCUT2D eigenvalue weighted by molar-refractivity contribution is 5.75. The number of methoxy groups -OCH3 is 1. The van der Waals surface area contributed by atoms with E-state index in [1.54, 1.807) is 7.11 Å². The average Bonchev–Trinajstić information content (AvgIpc) is 2.83. The Balaban J connectivity index is 1.84. The standard InChI is InChI=1S/C16H24N2O3/c1-21-8-7-16(20)17-10-14-9-15(19)12-18(14)11-13-5-3-2-4-6-13/h2-6,14-15,19H,7-12H2,1H3,(H,17,20). The molecule has 0 aliphatic carbocycles. The highest BCUT2D eigenvalue weighted by Crippen LogP contribution is 2.20. The van der Waals surface area contributed by atoms with Gasteiger partial charge in [-0.25, -0.2) is 0 Å². The van der Waals surface area contributed by atoms with E-state index >= 15 is 0 Å². The van der Waals surface area contributed by atoms with Crippen LogP contribution in [0.25, 0.3) is 0 Å². The number of β-amino-alcohol motifs (C(OH)–C–C–N with tert-alkyl or cyclic N) is 1. The van der Waals surface area contributed by atoms with Crippen LogP contribution >= 0.6 is 0 Å². The fourth-order valence-corrected chi connectivity index (χ4v) is 2.70. The Morgan fingerprint density at radius 3 is 2.90 bits per heavy atom. The number of rotatable bonds is 7. The van der Waals surface area contributed by atoms with Gasteiger partial charge in [-0.3, -0.25) is 9.69 Å². The molecule has 1 aromatic carbocycles. The van der Waals surface area contributed by atoms with Crippen LogP contribution in [0.1, 0.15) is 18.4 Å². The lowest BCUT2D eigenvalue weighted by Gasteiger charge is -2.24. The number of likely N-dealkylation sites (tertiary alicyclic amines) is 1. The molecule has 0 bridgehead atoms. The third kappa shape index (κ3) is 5.12. The predicted octanol–water partition coefficient (Wildman–Crippen LogP) is 0.774. The summed E-state index contributed by atoms with van der Waals surface area (Å²) in [6.45, 7) is 2.48. The summed E-state index contributed by atoms with van der Waals surface area (Å²) >= 11 is 0. The van der Waals surface area contributed by atoms with Crippen molar-refractivity contribution in [1.82, 2.24) is 10.2 Å². The molecular formula is C16H24N2O3. The first-order valence-corrected chi connectivity index (χ1v) is 7.40. The van der Waals surface area contributed by atoms with E-state index in [2.05, 4.69) is 22.3 Å². The Morgan fingerprint density at radius 2 is 2.19 bits per heavy atom. The Kier molecular flexibility index (Phi) is 6.17. The molecule has 21 heavy (non-hydrogen) atoms. The Labute approximate surface area is 125 Å². The van der Waals surface area contributed by atoms with Gasteiger partial charge < -0.3 is 15.2 Å². The van der Waals surface area contributed by atoms with Crippen LogP contribution in [0.15, 0.2) is 30.3 Å². The van der Waals surface area contributed by atoms with Crippen molar-refractivity contribution in [1.29, 1.82) is 0 Å². The third-order valence-electron chi connectivity index (χ3n) is 3.80. The maximum absolute atomic E-state index is 11.6. The first-order valence-electron chi connectivity index (χ1n) is 7.40. The molecule has 0 spiro atoms. The number of aliphatic hydroxyl groups is 1. The SMILES string of the molecule is COCCC(=O)NCC1CC(O)CN1Cc1ccccc1. The molecule has 5 nitrogen and oxygen atoms in total. The minimum absolute atomic E-state index is 0.00194. The van der Waals surface area contributed by atoms with Crippen LogP contribution in [0, 0.1) is 0 Å². The first kappa shape index (κ1) is 15.9. The number of aliphatic hydroxyl groups excluding tert-OH is 1. The molecule has 1 aromatic rings. The van der Waals surface area contributed by atoms with Crippen molar-refractivity contribution in [2.75, 3.05) is 26.8 Å². The second-order valence-electron chi connectivity index (χ2n) is 5.51. The Bertz CT molecular complexity index is 438. The van der Waals surface area contributed by atoms with Gasteiger partial charge in [-0.15, -0.1) is 0 Å². The summed E-state index contributed by atoms with van der Waals surface area (Å²) in [4.78, 5) is 13.9. The molecule has 1 aliphatic heterocycles. The van der Waals surface area contributed by atoms with Crippen LogP contribution < -0.4 is 5.32 Å². The largest absolute Gasteiger partial charge is 0.392 e. The molecule has 1 aliphatic rings. The molecule has 116 valence electrons. The van der Waals surface area contributed by atoms with Gasteiger partial charge in [0.2, 0.25) is 5.91 Å². The van der Waals surface area contributed by atoms with Crippen molar-refractivity contribution >= 4 is 5.91 Å². The maximum Gasteiger partial charge on any atom is 0.222 e. The molecule has 1 fully saturated rings. The summed E-state index contributed by atoms with van der Waals surface area (Å²) in [5, 5.41) is 12.8. The lowest BCUT2D eigenvalue weighted by atomic mass is 10.1. The molecule has 0 saturated carbocycles. The summed E-state index contributed by atoms with van der Waals surface area (Å²) in [7, 11) is 1.59. The van der Waals surface area contributed by atoms with Gasteiger partial charge in [0.15, 0.2) is 0 Å². The smallest absolute Gasteiger partial charge is 0.222 e. The summed E-state index contributed by atoms with van der Waals surface area (Å²) in [6.07, 6.45) is 0.775. The van der Waals surface area contributed by atoms with Crippen LogP contribution in [-0.4, -0.2) is 54.9 Å². The highest BCUT2D eigenvalue weighted by Gasteiger charge is 2.30. The Morgan fingerprint density at radius 1 is 1.43 bits per heavy atom. The van der Waals surface area contributed by atoms with Crippen molar-refractivity contribution in [3.8, 4) is 0 Å². The summed E-state index contributed by atoms with van der Waals surface area (Å²) in [6, 6.07) is 10.4. The van der Waals surface area contributed by atoms with E-state index in [-0.39, 0.29) is 18.1 Å². The number of benzene rings is 1. The minimum Gasteiger partial charge on any atom is -0.392 e. The average molecular weight is 292 g/mol. The van der Waals surface area contributed by atoms with Gasteiger partial charge in [-0.05, 0) is 12.0 Å². The number of carbonyl (C=O) groups is 1. The lowest BCUT2D eigenvalue weighted by Crippen LogP contribution is -2.40. The number of nitrogens with zero attached hydrogens (tertiary/aromatic N) is 1. The van der Waals surface area contributed by atoms with Crippen molar-refractivity contribution in [3.63, 3.8) is 0 Å². The van der Waals surface area contributed by atoms with Crippen LogP contribution in [0.4, 0.5) is 0 Å². The second-order valence-corrected chi connectivity index (χ2v) is 5.51. The van der Waals surface area contributed by atoms with Gasteiger partial charge in [-0.1, -0.05) is 30.3 Å². The van der Waals surface area contributed by atoms with Gasteiger partial charge in [0, 0.05) is 39.2 Å². The number of amides is 1. The predicted molar refractivity (Wildman–Crippen MR) is 80.8 cm³/mol. The van der Waals surface area contributed by atoms with E-state index in [1.807, 2.05) is 18.2 Å². The van der Waals surface area contributed by atoms with Crippen molar-refractivity contribution in [2.24, 2.45) is 0 Å². The maximum atomic E-state index is 11.6.